The number of amides is 1. The van der Waals surface area contributed by atoms with Crippen molar-refractivity contribution in [1.82, 2.24) is 5.43 Å². The normalized spacial score (nSPS) is 10.8. The first kappa shape index (κ1) is 15.5. The van der Waals surface area contributed by atoms with Gasteiger partial charge in [-0.2, -0.15) is 5.10 Å². The van der Waals surface area contributed by atoms with Gasteiger partial charge in [0, 0.05) is 11.1 Å². The summed E-state index contributed by atoms with van der Waals surface area (Å²) in [5.74, 6) is -0.919. The van der Waals surface area contributed by atoms with Crippen molar-refractivity contribution in [3.63, 3.8) is 0 Å². The highest BCUT2D eigenvalue weighted by atomic mass is 79.9. The van der Waals surface area contributed by atoms with Crippen molar-refractivity contribution in [1.29, 1.82) is 0 Å². The van der Waals surface area contributed by atoms with E-state index in [9.17, 15) is 15.0 Å². The van der Waals surface area contributed by atoms with Gasteiger partial charge >= 0.3 is 0 Å². The topological polar surface area (TPSA) is 81.9 Å². The largest absolute Gasteiger partial charge is 0.503 e. The second kappa shape index (κ2) is 6.73. The molecule has 5 nitrogen and oxygen atoms in total. The standard InChI is InChI=1S/C14H10Br2N2O3/c15-10-6-9(11(16)13(20)12(10)19)7-17-18-14(21)8-4-2-1-3-5-8/h1-7,19-20H,(H,18,21). The van der Waals surface area contributed by atoms with Gasteiger partial charge in [0.1, 0.15) is 0 Å². The molecule has 1 amide bonds. The SMILES string of the molecule is O=C(NN=Cc1cc(Br)c(O)c(O)c1Br)c1ccccc1. The van der Waals surface area contributed by atoms with E-state index in [0.717, 1.165) is 0 Å². The van der Waals surface area contributed by atoms with Crippen molar-refractivity contribution in [3.8, 4) is 11.5 Å². The van der Waals surface area contributed by atoms with Crippen molar-refractivity contribution < 1.29 is 15.0 Å². The van der Waals surface area contributed by atoms with Gasteiger partial charge in [-0.15, -0.1) is 0 Å². The zero-order valence-corrected chi connectivity index (χ0v) is 13.7. The van der Waals surface area contributed by atoms with E-state index in [-0.39, 0.29) is 21.9 Å². The second-order valence-electron chi connectivity index (χ2n) is 4.02. The van der Waals surface area contributed by atoms with E-state index in [1.165, 1.54) is 6.21 Å². The minimum atomic E-state index is -0.343. The number of hydrogen-bond acceptors (Lipinski definition) is 4. The predicted octanol–water partition coefficient (Wildman–Crippen LogP) is 3.39. The first-order chi connectivity index (χ1) is 10.0. The maximum Gasteiger partial charge on any atom is 0.271 e. The van der Waals surface area contributed by atoms with Crippen molar-refractivity contribution >= 4 is 44.0 Å². The predicted molar refractivity (Wildman–Crippen MR) is 86.7 cm³/mol. The first-order valence-corrected chi connectivity index (χ1v) is 7.37. The van der Waals surface area contributed by atoms with Crippen molar-refractivity contribution in [3.05, 3.63) is 56.5 Å². The number of phenols is 2. The minimum absolute atomic E-state index is 0.271. The van der Waals surface area contributed by atoms with E-state index in [1.54, 1.807) is 30.3 Å². The lowest BCUT2D eigenvalue weighted by atomic mass is 10.2. The minimum Gasteiger partial charge on any atom is -0.503 e. The molecule has 0 spiro atoms. The Balaban J connectivity index is 2.14. The molecule has 0 atom stereocenters. The van der Waals surface area contributed by atoms with E-state index >= 15 is 0 Å². The Morgan fingerprint density at radius 1 is 1.14 bits per heavy atom. The molecule has 0 radical (unpaired) electrons. The number of carbonyl (C=O) groups is 1. The highest BCUT2D eigenvalue weighted by Gasteiger charge is 2.12. The molecular weight excluding hydrogens is 404 g/mol. The Bertz CT molecular complexity index is 703. The molecule has 7 heteroatoms. The average Bonchev–Trinajstić information content (AvgIpc) is 2.51. The first-order valence-electron chi connectivity index (χ1n) is 5.79. The number of hydrogen-bond donors (Lipinski definition) is 3. The molecule has 0 saturated carbocycles. The van der Waals surface area contributed by atoms with Crippen LogP contribution in [0.5, 0.6) is 11.5 Å². The van der Waals surface area contributed by atoms with Crippen LogP contribution < -0.4 is 5.43 Å². The molecule has 0 unspecified atom stereocenters. The van der Waals surface area contributed by atoms with Crippen molar-refractivity contribution in [2.75, 3.05) is 0 Å². The second-order valence-corrected chi connectivity index (χ2v) is 5.67. The summed E-state index contributed by atoms with van der Waals surface area (Å²) >= 11 is 6.25. The molecule has 0 aromatic heterocycles. The molecule has 0 aliphatic heterocycles. The van der Waals surface area contributed by atoms with E-state index in [2.05, 4.69) is 42.4 Å². The fraction of sp³-hybridized carbons (Fsp3) is 0. The highest BCUT2D eigenvalue weighted by molar-refractivity contribution is 9.11. The van der Waals surface area contributed by atoms with Crippen LogP contribution in [0.1, 0.15) is 15.9 Å². The molecule has 0 saturated heterocycles. The number of nitrogens with zero attached hydrogens (tertiary/aromatic N) is 1. The third kappa shape index (κ3) is 3.62. The highest BCUT2D eigenvalue weighted by Crippen LogP contribution is 2.40. The smallest absolute Gasteiger partial charge is 0.271 e. The number of nitrogens with one attached hydrogen (secondary N) is 1. The van der Waals surface area contributed by atoms with Crippen LogP contribution in [-0.2, 0) is 0 Å². The summed E-state index contributed by atoms with van der Waals surface area (Å²) in [6.45, 7) is 0. The molecular formula is C14H10Br2N2O3. The van der Waals surface area contributed by atoms with Crippen LogP contribution >= 0.6 is 31.9 Å². The maximum absolute atomic E-state index is 11.8. The molecule has 21 heavy (non-hydrogen) atoms. The number of aromatic hydroxyl groups is 2. The van der Waals surface area contributed by atoms with Crippen LogP contribution in [0.2, 0.25) is 0 Å². The Hall–Kier alpha value is -1.86. The summed E-state index contributed by atoms with van der Waals surface area (Å²) < 4.78 is 0.597. The molecule has 0 aliphatic rings. The molecule has 3 N–H and O–H groups in total. The van der Waals surface area contributed by atoms with Gasteiger partial charge in [0.05, 0.1) is 15.2 Å². The van der Waals surface area contributed by atoms with E-state index in [4.69, 9.17) is 0 Å². The summed E-state index contributed by atoms with van der Waals surface area (Å²) in [5.41, 5.74) is 3.36. The molecule has 108 valence electrons. The lowest BCUT2D eigenvalue weighted by Gasteiger charge is -2.06. The molecule has 0 aliphatic carbocycles. The third-order valence-electron chi connectivity index (χ3n) is 2.60. The number of phenolic OH excluding ortho intramolecular Hbond substituents is 2. The number of benzene rings is 2. The summed E-state index contributed by atoms with van der Waals surface area (Å²) in [6.07, 6.45) is 1.36. The van der Waals surface area contributed by atoms with Gasteiger partial charge in [-0.1, -0.05) is 18.2 Å². The van der Waals surface area contributed by atoms with Gasteiger partial charge in [-0.3, -0.25) is 4.79 Å². The maximum atomic E-state index is 11.8. The van der Waals surface area contributed by atoms with Gasteiger partial charge in [-0.25, -0.2) is 5.43 Å². The van der Waals surface area contributed by atoms with E-state index < -0.39 is 0 Å². The van der Waals surface area contributed by atoms with Crippen LogP contribution in [-0.4, -0.2) is 22.3 Å². The zero-order valence-electron chi connectivity index (χ0n) is 10.5. The summed E-state index contributed by atoms with van der Waals surface area (Å²) in [4.78, 5) is 11.8. The van der Waals surface area contributed by atoms with Crippen molar-refractivity contribution in [2.45, 2.75) is 0 Å². The number of carbonyl (C=O) groups excluding carboxylic acids is 1. The average molecular weight is 414 g/mol. The van der Waals surface area contributed by atoms with Crippen LogP contribution in [0.25, 0.3) is 0 Å². The van der Waals surface area contributed by atoms with Gasteiger partial charge in [0.2, 0.25) is 0 Å². The number of halogens is 2. The summed E-state index contributed by atoms with van der Waals surface area (Å²) in [5, 5.41) is 23.0. The number of hydrazone groups is 1. The van der Waals surface area contributed by atoms with Crippen LogP contribution in [0, 0.1) is 0 Å². The monoisotopic (exact) mass is 412 g/mol. The molecule has 0 fully saturated rings. The van der Waals surface area contributed by atoms with Crippen LogP contribution in [0.15, 0.2) is 50.4 Å². The Morgan fingerprint density at radius 2 is 1.81 bits per heavy atom. The van der Waals surface area contributed by atoms with Crippen LogP contribution in [0.4, 0.5) is 0 Å². The van der Waals surface area contributed by atoms with Crippen LogP contribution in [0.3, 0.4) is 0 Å². The molecule has 2 aromatic rings. The molecule has 0 bridgehead atoms. The molecule has 2 rings (SSSR count). The lowest BCUT2D eigenvalue weighted by Crippen LogP contribution is -2.17. The third-order valence-corrected chi connectivity index (χ3v) is 4.04. The Morgan fingerprint density at radius 3 is 2.48 bits per heavy atom. The summed E-state index contributed by atoms with van der Waals surface area (Å²) in [6, 6.07) is 10.2. The quantitative estimate of drug-likeness (QED) is 0.409. The lowest BCUT2D eigenvalue weighted by molar-refractivity contribution is 0.0955. The van der Waals surface area contributed by atoms with E-state index in [0.29, 0.717) is 15.6 Å². The molecule has 0 heterocycles. The van der Waals surface area contributed by atoms with Gasteiger partial charge in [0.15, 0.2) is 11.5 Å². The van der Waals surface area contributed by atoms with Gasteiger partial charge in [-0.05, 0) is 50.1 Å². The molecule has 2 aromatic carbocycles. The van der Waals surface area contributed by atoms with Crippen molar-refractivity contribution in [2.24, 2.45) is 5.10 Å². The Labute approximate surface area is 137 Å². The van der Waals surface area contributed by atoms with Gasteiger partial charge in [0.25, 0.3) is 5.91 Å². The number of rotatable bonds is 3. The van der Waals surface area contributed by atoms with Gasteiger partial charge < -0.3 is 10.2 Å². The Kier molecular flexibility index (Phi) is 4.98. The summed E-state index contributed by atoms with van der Waals surface area (Å²) in [7, 11) is 0. The fourth-order valence-electron chi connectivity index (χ4n) is 1.53. The zero-order chi connectivity index (χ0) is 15.4. The van der Waals surface area contributed by atoms with E-state index in [1.807, 2.05) is 6.07 Å². The fourth-order valence-corrected chi connectivity index (χ4v) is 2.37.